The number of carboxylic acid groups (broad SMARTS) is 1. The highest BCUT2D eigenvalue weighted by atomic mass is 19.4. The first kappa shape index (κ1) is 21.4. The number of anilines is 1. The molecule has 1 atom stereocenters. The average molecular weight is 398 g/mol. The Morgan fingerprint density at radius 1 is 1.32 bits per heavy atom. The molecule has 2 bridgehead atoms. The minimum Gasteiger partial charge on any atom is -0.475 e. The molecule has 0 radical (unpaired) electrons. The van der Waals surface area contributed by atoms with E-state index in [1.54, 1.807) is 10.9 Å². The minimum absolute atomic E-state index is 0.0174. The van der Waals surface area contributed by atoms with Crippen molar-refractivity contribution in [2.45, 2.75) is 38.8 Å². The first-order valence-electron chi connectivity index (χ1n) is 8.69. The molecule has 0 saturated heterocycles. The quantitative estimate of drug-likeness (QED) is 0.709. The molecule has 1 aliphatic heterocycles. The lowest BCUT2D eigenvalue weighted by molar-refractivity contribution is -0.192. The number of nitrogens with one attached hydrogen (secondary N) is 1. The number of hydrogen-bond donors (Lipinski definition) is 2. The molecule has 1 unspecified atom stereocenters. The van der Waals surface area contributed by atoms with Crippen molar-refractivity contribution < 1.29 is 27.9 Å². The number of aromatic nitrogens is 3. The SMILES string of the molecule is CC1CCCCc2cccc(n2)-c2c(cnn2C)NC1=O.O=C(O)C(F)(F)F. The van der Waals surface area contributed by atoms with Gasteiger partial charge < -0.3 is 10.4 Å². The second kappa shape index (κ2) is 8.85. The van der Waals surface area contributed by atoms with E-state index in [4.69, 9.17) is 14.9 Å². The van der Waals surface area contributed by atoms with Crippen molar-refractivity contribution in [2.24, 2.45) is 13.0 Å². The summed E-state index contributed by atoms with van der Waals surface area (Å²) in [7, 11) is 1.87. The summed E-state index contributed by atoms with van der Waals surface area (Å²) < 4.78 is 33.5. The van der Waals surface area contributed by atoms with Crippen LogP contribution in [0.1, 0.15) is 31.9 Å². The van der Waals surface area contributed by atoms with Crippen LogP contribution in [0.3, 0.4) is 0 Å². The Hall–Kier alpha value is -2.91. The second-order valence-electron chi connectivity index (χ2n) is 6.48. The van der Waals surface area contributed by atoms with Crippen LogP contribution in [0.5, 0.6) is 0 Å². The Bertz CT molecular complexity index is 849. The fourth-order valence-corrected chi connectivity index (χ4v) is 2.73. The van der Waals surface area contributed by atoms with E-state index in [2.05, 4.69) is 16.5 Å². The Balaban J connectivity index is 0.000000345. The van der Waals surface area contributed by atoms with E-state index >= 15 is 0 Å². The molecule has 0 aliphatic carbocycles. The number of aryl methyl sites for hydroxylation is 2. The lowest BCUT2D eigenvalue weighted by atomic mass is 10.0. The van der Waals surface area contributed by atoms with Gasteiger partial charge in [0.15, 0.2) is 0 Å². The predicted octanol–water partition coefficient (Wildman–Crippen LogP) is 3.42. The van der Waals surface area contributed by atoms with Crippen LogP contribution in [0.25, 0.3) is 11.4 Å². The summed E-state index contributed by atoms with van der Waals surface area (Å²) in [6.07, 6.45) is 0.573. The summed E-state index contributed by atoms with van der Waals surface area (Å²) >= 11 is 0. The Kier molecular flexibility index (Phi) is 6.76. The van der Waals surface area contributed by atoms with Gasteiger partial charge >= 0.3 is 12.1 Å². The van der Waals surface area contributed by atoms with Crippen LogP contribution in [0.4, 0.5) is 18.9 Å². The van der Waals surface area contributed by atoms with Gasteiger partial charge in [0, 0.05) is 18.7 Å². The van der Waals surface area contributed by atoms with Crippen LogP contribution in [0, 0.1) is 5.92 Å². The van der Waals surface area contributed by atoms with Crippen LogP contribution >= 0.6 is 0 Å². The number of carboxylic acids is 1. The molecule has 2 aromatic heterocycles. The van der Waals surface area contributed by atoms with Crippen LogP contribution in [-0.2, 0) is 23.1 Å². The lowest BCUT2D eigenvalue weighted by Gasteiger charge is -2.14. The van der Waals surface area contributed by atoms with Gasteiger partial charge in [-0.15, -0.1) is 0 Å². The third kappa shape index (κ3) is 5.54. The predicted molar refractivity (Wildman–Crippen MR) is 95.5 cm³/mol. The van der Waals surface area contributed by atoms with E-state index in [0.29, 0.717) is 0 Å². The van der Waals surface area contributed by atoms with Crippen molar-refractivity contribution >= 4 is 17.6 Å². The molecule has 1 amide bonds. The van der Waals surface area contributed by atoms with Crippen molar-refractivity contribution in [2.75, 3.05) is 5.32 Å². The summed E-state index contributed by atoms with van der Waals surface area (Å²) in [5, 5.41) is 14.4. The Morgan fingerprint density at radius 3 is 2.64 bits per heavy atom. The average Bonchev–Trinajstić information content (AvgIpc) is 2.98. The third-order valence-electron chi connectivity index (χ3n) is 4.26. The highest BCUT2D eigenvalue weighted by Crippen LogP contribution is 2.27. The van der Waals surface area contributed by atoms with Gasteiger partial charge in [0.05, 0.1) is 17.6 Å². The molecule has 3 rings (SSSR count). The van der Waals surface area contributed by atoms with E-state index < -0.39 is 12.1 Å². The number of alkyl halides is 3. The molecule has 152 valence electrons. The Labute approximate surface area is 159 Å². The van der Waals surface area contributed by atoms with Crippen LogP contribution in [-0.4, -0.2) is 37.9 Å². The molecule has 0 spiro atoms. The van der Waals surface area contributed by atoms with Crippen molar-refractivity contribution in [3.8, 4) is 11.4 Å². The fraction of sp³-hybridized carbons (Fsp3) is 0.444. The maximum Gasteiger partial charge on any atom is 0.490 e. The van der Waals surface area contributed by atoms with Gasteiger partial charge in [-0.2, -0.15) is 18.3 Å². The topological polar surface area (TPSA) is 97.1 Å². The lowest BCUT2D eigenvalue weighted by Crippen LogP contribution is -2.21. The molecular formula is C18H21F3N4O3. The number of carbonyl (C=O) groups excluding carboxylic acids is 1. The van der Waals surface area contributed by atoms with E-state index in [0.717, 1.165) is 48.5 Å². The van der Waals surface area contributed by atoms with Crippen molar-refractivity contribution in [1.82, 2.24) is 14.8 Å². The normalized spacial score (nSPS) is 17.2. The number of nitrogens with zero attached hydrogens (tertiary/aromatic N) is 3. The Morgan fingerprint density at radius 2 is 2.00 bits per heavy atom. The smallest absolute Gasteiger partial charge is 0.475 e. The summed E-state index contributed by atoms with van der Waals surface area (Å²) in [6, 6.07) is 6.04. The van der Waals surface area contributed by atoms with Gasteiger partial charge in [-0.3, -0.25) is 14.5 Å². The van der Waals surface area contributed by atoms with Gasteiger partial charge in [-0.1, -0.05) is 19.4 Å². The van der Waals surface area contributed by atoms with E-state index in [1.807, 2.05) is 26.1 Å². The maximum absolute atomic E-state index is 12.3. The number of pyridine rings is 1. The standard InChI is InChI=1S/C16H20N4O.C2HF3O2/c1-11-6-3-4-7-12-8-5-9-13(18-12)15-14(19-16(11)21)10-17-20(15)2;3-2(4,5)1(6)7/h5,8-11H,3-4,6-7H2,1-2H3,(H,19,21);(H,6,7). The molecule has 0 saturated carbocycles. The molecule has 0 fully saturated rings. The summed E-state index contributed by atoms with van der Waals surface area (Å²) in [5.41, 5.74) is 3.55. The number of carbonyl (C=O) groups is 2. The first-order chi connectivity index (χ1) is 13.1. The highest BCUT2D eigenvalue weighted by Gasteiger charge is 2.38. The molecule has 7 nitrogen and oxygen atoms in total. The zero-order valence-electron chi connectivity index (χ0n) is 15.5. The number of halogens is 3. The minimum atomic E-state index is -5.08. The first-order valence-corrected chi connectivity index (χ1v) is 8.69. The van der Waals surface area contributed by atoms with Gasteiger partial charge in [0.2, 0.25) is 5.91 Å². The van der Waals surface area contributed by atoms with E-state index in [1.165, 1.54) is 0 Å². The molecule has 3 heterocycles. The fourth-order valence-electron chi connectivity index (χ4n) is 2.73. The van der Waals surface area contributed by atoms with E-state index in [-0.39, 0.29) is 11.8 Å². The zero-order valence-corrected chi connectivity index (χ0v) is 15.5. The molecular weight excluding hydrogens is 377 g/mol. The van der Waals surface area contributed by atoms with E-state index in [9.17, 15) is 18.0 Å². The van der Waals surface area contributed by atoms with Crippen molar-refractivity contribution in [1.29, 1.82) is 0 Å². The zero-order chi connectivity index (χ0) is 20.9. The molecule has 0 aromatic carbocycles. The number of amides is 1. The number of fused-ring (bicyclic) bond motifs is 4. The highest BCUT2D eigenvalue weighted by molar-refractivity contribution is 5.95. The molecule has 2 aromatic rings. The van der Waals surface area contributed by atoms with Crippen LogP contribution in [0.15, 0.2) is 24.4 Å². The van der Waals surface area contributed by atoms with Crippen LogP contribution < -0.4 is 5.32 Å². The number of aliphatic carboxylic acids is 1. The monoisotopic (exact) mass is 398 g/mol. The van der Waals surface area contributed by atoms with Gasteiger partial charge in [0.25, 0.3) is 0 Å². The largest absolute Gasteiger partial charge is 0.490 e. The maximum atomic E-state index is 12.3. The van der Waals surface area contributed by atoms with Crippen LogP contribution in [0.2, 0.25) is 0 Å². The molecule has 28 heavy (non-hydrogen) atoms. The molecule has 10 heteroatoms. The van der Waals surface area contributed by atoms with Crippen molar-refractivity contribution in [3.63, 3.8) is 0 Å². The summed E-state index contributed by atoms with van der Waals surface area (Å²) in [5.74, 6) is -2.68. The third-order valence-corrected chi connectivity index (χ3v) is 4.26. The molecule has 2 N–H and O–H groups in total. The summed E-state index contributed by atoms with van der Waals surface area (Å²) in [6.45, 7) is 1.98. The van der Waals surface area contributed by atoms with Gasteiger partial charge in [-0.05, 0) is 31.4 Å². The van der Waals surface area contributed by atoms with Gasteiger partial charge in [-0.25, -0.2) is 4.79 Å². The molecule has 1 aliphatic rings. The number of hydrogen-bond acceptors (Lipinski definition) is 4. The van der Waals surface area contributed by atoms with Crippen molar-refractivity contribution in [3.05, 3.63) is 30.1 Å². The summed E-state index contributed by atoms with van der Waals surface area (Å²) in [4.78, 5) is 25.9. The second-order valence-corrected chi connectivity index (χ2v) is 6.48. The van der Waals surface area contributed by atoms with Gasteiger partial charge in [0.1, 0.15) is 5.69 Å². The number of rotatable bonds is 0.